The predicted octanol–water partition coefficient (Wildman–Crippen LogP) is 7.41. The zero-order valence-electron chi connectivity index (χ0n) is 26.0. The summed E-state index contributed by atoms with van der Waals surface area (Å²) in [6.45, 7) is 0.674. The van der Waals surface area contributed by atoms with E-state index < -0.39 is 5.76 Å². The first-order chi connectivity index (χ1) is 23.5. The number of benzene rings is 2. The van der Waals surface area contributed by atoms with Crippen molar-refractivity contribution in [3.8, 4) is 21.8 Å². The van der Waals surface area contributed by atoms with Gasteiger partial charge in [0.2, 0.25) is 0 Å². The summed E-state index contributed by atoms with van der Waals surface area (Å²) in [7, 11) is 0. The lowest BCUT2D eigenvalue weighted by Gasteiger charge is -2.27. The second kappa shape index (κ2) is 11.5. The SMILES string of the molecule is O=C1c2c(nc(CCc3ccc(F)cc3)c(-c3noc(=O)[nH]3)c2-c2cc3ccnc(N[C@H]4CCCc5ccccc54)c3s2)[C@H]2CCCN12. The number of fused-ring (bicyclic) bond motifs is 5. The lowest BCUT2D eigenvalue weighted by molar-refractivity contribution is 0.0776. The number of pyridine rings is 2. The van der Waals surface area contributed by atoms with Crippen LogP contribution in [0.4, 0.5) is 10.2 Å². The molecular formula is C37H31FN6O3S. The maximum Gasteiger partial charge on any atom is 0.439 e. The number of H-pyrrole nitrogens is 1. The van der Waals surface area contributed by atoms with Crippen LogP contribution in [0, 0.1) is 5.82 Å². The molecular weight excluding hydrogens is 628 g/mol. The van der Waals surface area contributed by atoms with Crippen LogP contribution in [-0.4, -0.2) is 37.5 Å². The van der Waals surface area contributed by atoms with Gasteiger partial charge in [0.25, 0.3) is 5.91 Å². The van der Waals surface area contributed by atoms with Crippen LogP contribution in [-0.2, 0) is 19.3 Å². The zero-order valence-corrected chi connectivity index (χ0v) is 26.8. The minimum absolute atomic E-state index is 0.0556. The van der Waals surface area contributed by atoms with Crippen LogP contribution < -0.4 is 11.1 Å². The molecule has 0 radical (unpaired) electrons. The van der Waals surface area contributed by atoms with Crippen molar-refractivity contribution in [2.24, 2.45) is 0 Å². The van der Waals surface area contributed by atoms with E-state index in [4.69, 9.17) is 14.5 Å². The molecule has 0 saturated carbocycles. The van der Waals surface area contributed by atoms with E-state index in [1.54, 1.807) is 23.5 Å². The fourth-order valence-corrected chi connectivity index (χ4v) is 8.91. The van der Waals surface area contributed by atoms with Crippen molar-refractivity contribution in [3.63, 3.8) is 0 Å². The third-order valence-electron chi connectivity index (χ3n) is 9.94. The molecule has 48 heavy (non-hydrogen) atoms. The Morgan fingerprint density at radius 3 is 2.73 bits per heavy atom. The van der Waals surface area contributed by atoms with Crippen LogP contribution in [0.15, 0.2) is 76.2 Å². The number of rotatable bonds is 7. The molecule has 6 aromatic rings. The molecule has 0 bridgehead atoms. The van der Waals surface area contributed by atoms with Crippen molar-refractivity contribution in [1.82, 2.24) is 25.0 Å². The number of aryl methyl sites for hydroxylation is 3. The Labute approximate surface area is 278 Å². The Morgan fingerprint density at radius 1 is 1.00 bits per heavy atom. The number of nitrogens with one attached hydrogen (secondary N) is 2. The Hall–Kier alpha value is -5.16. The van der Waals surface area contributed by atoms with E-state index in [0.717, 1.165) is 64.1 Å². The highest BCUT2D eigenvalue weighted by Gasteiger charge is 2.44. The minimum Gasteiger partial charge on any atom is -0.362 e. The molecule has 2 N–H and O–H groups in total. The van der Waals surface area contributed by atoms with Crippen molar-refractivity contribution >= 4 is 33.1 Å². The maximum atomic E-state index is 14.2. The van der Waals surface area contributed by atoms with Gasteiger partial charge in [0, 0.05) is 23.2 Å². The Morgan fingerprint density at radius 2 is 1.88 bits per heavy atom. The average molecular weight is 659 g/mol. The van der Waals surface area contributed by atoms with Gasteiger partial charge in [-0.05, 0) is 91.3 Å². The summed E-state index contributed by atoms with van der Waals surface area (Å²) >= 11 is 1.57. The normalized spacial score (nSPS) is 18.3. The minimum atomic E-state index is -0.687. The van der Waals surface area contributed by atoms with Crippen molar-refractivity contribution < 1.29 is 13.7 Å². The first-order valence-corrected chi connectivity index (χ1v) is 17.3. The largest absolute Gasteiger partial charge is 0.439 e. The fraction of sp³-hybridized carbons (Fsp3) is 0.270. The van der Waals surface area contributed by atoms with Gasteiger partial charge in [0.1, 0.15) is 11.6 Å². The number of amides is 1. The molecule has 11 heteroatoms. The van der Waals surface area contributed by atoms with Gasteiger partial charge in [-0.3, -0.25) is 19.3 Å². The van der Waals surface area contributed by atoms with Crippen LogP contribution in [0.2, 0.25) is 0 Å². The van der Waals surface area contributed by atoms with E-state index in [9.17, 15) is 14.0 Å². The Balaban J connectivity index is 1.22. The molecule has 0 unspecified atom stereocenters. The first-order valence-electron chi connectivity index (χ1n) is 16.4. The van der Waals surface area contributed by atoms with Gasteiger partial charge in [-0.2, -0.15) is 0 Å². The van der Waals surface area contributed by atoms with Crippen LogP contribution in [0.25, 0.3) is 31.9 Å². The molecule has 9 nitrogen and oxygen atoms in total. The molecule has 3 aliphatic rings. The molecule has 2 aromatic carbocycles. The lowest BCUT2D eigenvalue weighted by Crippen LogP contribution is -2.22. The highest BCUT2D eigenvalue weighted by atomic mass is 32.1. The predicted molar refractivity (Wildman–Crippen MR) is 182 cm³/mol. The van der Waals surface area contributed by atoms with Gasteiger partial charge < -0.3 is 10.2 Å². The monoisotopic (exact) mass is 658 g/mol. The van der Waals surface area contributed by atoms with Crippen molar-refractivity contribution in [1.29, 1.82) is 0 Å². The third-order valence-corrected chi connectivity index (χ3v) is 11.1. The third kappa shape index (κ3) is 4.83. The molecule has 1 saturated heterocycles. The van der Waals surface area contributed by atoms with E-state index >= 15 is 0 Å². The van der Waals surface area contributed by atoms with E-state index in [0.29, 0.717) is 41.8 Å². The fourth-order valence-electron chi connectivity index (χ4n) is 7.74. The molecule has 0 spiro atoms. The molecule has 2 aliphatic heterocycles. The van der Waals surface area contributed by atoms with Gasteiger partial charge in [0.05, 0.1) is 39.3 Å². The number of thiophene rings is 1. The second-order valence-electron chi connectivity index (χ2n) is 12.8. The van der Waals surface area contributed by atoms with E-state index in [1.165, 1.54) is 23.3 Å². The van der Waals surface area contributed by atoms with Gasteiger partial charge >= 0.3 is 5.76 Å². The van der Waals surface area contributed by atoms with E-state index in [2.05, 4.69) is 45.8 Å². The quantitative estimate of drug-likeness (QED) is 0.184. The van der Waals surface area contributed by atoms with Crippen LogP contribution in [0.1, 0.15) is 76.2 Å². The number of anilines is 1. The highest BCUT2D eigenvalue weighted by Crippen LogP contribution is 2.50. The number of nitrogens with zero attached hydrogens (tertiary/aromatic N) is 4. The molecule has 9 rings (SSSR count). The van der Waals surface area contributed by atoms with Crippen molar-refractivity contribution in [3.05, 3.63) is 117 Å². The average Bonchev–Trinajstić information content (AvgIpc) is 3.90. The summed E-state index contributed by atoms with van der Waals surface area (Å²) in [6, 6.07) is 19.2. The molecule has 4 aromatic heterocycles. The molecule has 240 valence electrons. The van der Waals surface area contributed by atoms with Crippen LogP contribution in [0.5, 0.6) is 0 Å². The van der Waals surface area contributed by atoms with Crippen molar-refractivity contribution in [2.75, 3.05) is 11.9 Å². The standard InChI is InChI=1S/C37H31FN6O3S/c38-23-13-10-20(11-14-23)12-15-26-29(34-42-37(46)47-43-34)30(31-32(40-26)27-9-4-18-44(27)36(31)45)28-19-22-16-17-39-35(33(22)48-28)41-25-8-3-6-21-5-1-2-7-24(21)25/h1-2,5,7,10-11,13-14,16-17,19,25,27H,3-4,6,8-9,12,15,18H2,(H,39,41)(H,42,43,46)/t25-,27+/m0/s1. The summed E-state index contributed by atoms with van der Waals surface area (Å²) in [5.74, 6) is -0.00572. The maximum absolute atomic E-state index is 14.2. The van der Waals surface area contributed by atoms with E-state index in [1.807, 2.05) is 17.2 Å². The topological polar surface area (TPSA) is 117 Å². The lowest BCUT2D eigenvalue weighted by atomic mass is 9.88. The van der Waals surface area contributed by atoms with Gasteiger partial charge in [-0.25, -0.2) is 14.2 Å². The Bertz CT molecular complexity index is 2280. The summed E-state index contributed by atoms with van der Waals surface area (Å²) in [6.07, 6.45) is 7.83. The summed E-state index contributed by atoms with van der Waals surface area (Å²) in [5, 5.41) is 8.87. The smallest absolute Gasteiger partial charge is 0.362 e. The number of hydrogen-bond acceptors (Lipinski definition) is 8. The number of carbonyl (C=O) groups is 1. The first kappa shape index (κ1) is 29.0. The van der Waals surface area contributed by atoms with Crippen LogP contribution in [0.3, 0.4) is 0 Å². The van der Waals surface area contributed by atoms with Crippen LogP contribution >= 0.6 is 11.3 Å². The summed E-state index contributed by atoms with van der Waals surface area (Å²) < 4.78 is 19.7. The number of hydrogen-bond donors (Lipinski definition) is 2. The summed E-state index contributed by atoms with van der Waals surface area (Å²) in [4.78, 5) is 42.0. The van der Waals surface area contributed by atoms with Gasteiger partial charge in [-0.1, -0.05) is 41.6 Å². The Kier molecular flexibility index (Phi) is 6.96. The number of aromatic nitrogens is 4. The molecule has 1 aliphatic carbocycles. The number of halogens is 1. The molecule has 2 atom stereocenters. The van der Waals surface area contributed by atoms with Crippen molar-refractivity contribution in [2.45, 2.75) is 57.0 Å². The number of carbonyl (C=O) groups excluding carboxylic acids is 1. The highest BCUT2D eigenvalue weighted by molar-refractivity contribution is 7.23. The molecule has 1 amide bonds. The second-order valence-corrected chi connectivity index (χ2v) is 13.8. The number of aromatic amines is 1. The van der Waals surface area contributed by atoms with Gasteiger partial charge in [-0.15, -0.1) is 11.3 Å². The molecule has 1 fully saturated rings. The molecule has 6 heterocycles. The zero-order chi connectivity index (χ0) is 32.4. The summed E-state index contributed by atoms with van der Waals surface area (Å²) in [5.41, 5.74) is 6.92. The van der Waals surface area contributed by atoms with Gasteiger partial charge in [0.15, 0.2) is 5.82 Å². The van der Waals surface area contributed by atoms with E-state index in [-0.39, 0.29) is 29.6 Å².